The Hall–Kier alpha value is -0.570. The van der Waals surface area contributed by atoms with Crippen molar-refractivity contribution in [3.63, 3.8) is 0 Å². The van der Waals surface area contributed by atoms with Gasteiger partial charge >= 0.3 is 5.97 Å². The maximum atomic E-state index is 10.9. The zero-order valence-electron chi connectivity index (χ0n) is 8.22. The van der Waals surface area contributed by atoms with Gasteiger partial charge in [0.2, 0.25) is 0 Å². The summed E-state index contributed by atoms with van der Waals surface area (Å²) in [6, 6.07) is 0. The molecule has 0 heterocycles. The summed E-state index contributed by atoms with van der Waals surface area (Å²) < 4.78 is 4.81. The molecular weight excluding hydrogens is 156 g/mol. The van der Waals surface area contributed by atoms with Crippen molar-refractivity contribution in [1.29, 1.82) is 0 Å². The third-order valence-electron chi connectivity index (χ3n) is 1.28. The molecule has 3 nitrogen and oxygen atoms in total. The summed E-state index contributed by atoms with van der Waals surface area (Å²) in [4.78, 5) is 10.9. The summed E-state index contributed by atoms with van der Waals surface area (Å²) in [6.07, 6.45) is -0.921. The van der Waals surface area contributed by atoms with Crippen LogP contribution >= 0.6 is 0 Å². The van der Waals surface area contributed by atoms with Gasteiger partial charge < -0.3 is 4.74 Å². The van der Waals surface area contributed by atoms with Crippen LogP contribution < -0.4 is 0 Å². The molecule has 0 bridgehead atoms. The van der Waals surface area contributed by atoms with E-state index < -0.39 is 12.1 Å². The molecular formula is C9H17O3. The van der Waals surface area contributed by atoms with E-state index in [0.717, 1.165) is 0 Å². The number of carbonyl (C=O) groups is 1. The van der Waals surface area contributed by atoms with Crippen molar-refractivity contribution in [2.45, 2.75) is 40.2 Å². The fourth-order valence-electron chi connectivity index (χ4n) is 0.547. The van der Waals surface area contributed by atoms with E-state index in [9.17, 15) is 9.90 Å². The van der Waals surface area contributed by atoms with Gasteiger partial charge in [0.1, 0.15) is 0 Å². The van der Waals surface area contributed by atoms with Crippen LogP contribution in [0.15, 0.2) is 0 Å². The van der Waals surface area contributed by atoms with Gasteiger partial charge in [0.05, 0.1) is 6.61 Å². The number of carbonyl (C=O) groups excluding carboxylic acids is 1. The van der Waals surface area contributed by atoms with E-state index in [1.807, 2.05) is 20.8 Å². The molecule has 0 aliphatic heterocycles. The summed E-state index contributed by atoms with van der Waals surface area (Å²) in [6.45, 7) is 7.84. The molecule has 0 amide bonds. The average Bonchev–Trinajstić information content (AvgIpc) is 1.97. The molecule has 0 aromatic carbocycles. The first-order chi connectivity index (χ1) is 5.37. The Bertz CT molecular complexity index is 146. The summed E-state index contributed by atoms with van der Waals surface area (Å²) in [7, 11) is 0. The van der Waals surface area contributed by atoms with Gasteiger partial charge in [0.15, 0.2) is 6.10 Å². The van der Waals surface area contributed by atoms with Crippen LogP contribution in [0.4, 0.5) is 0 Å². The molecule has 0 saturated heterocycles. The Labute approximate surface area is 73.7 Å². The lowest BCUT2D eigenvalue weighted by atomic mass is 9.99. The van der Waals surface area contributed by atoms with Gasteiger partial charge in [-0.1, -0.05) is 27.7 Å². The second-order valence-corrected chi connectivity index (χ2v) is 4.07. The van der Waals surface area contributed by atoms with Crippen molar-refractivity contribution in [2.75, 3.05) is 6.61 Å². The topological polar surface area (TPSA) is 46.2 Å². The van der Waals surface area contributed by atoms with Crippen molar-refractivity contribution < 1.29 is 14.6 Å². The second kappa shape index (κ2) is 4.45. The lowest BCUT2D eigenvalue weighted by Gasteiger charge is -2.18. The molecule has 0 aliphatic rings. The highest BCUT2D eigenvalue weighted by Gasteiger charge is 2.19. The zero-order valence-corrected chi connectivity index (χ0v) is 8.22. The third kappa shape index (κ3) is 5.13. The molecule has 0 fully saturated rings. The van der Waals surface area contributed by atoms with Crippen molar-refractivity contribution in [3.8, 4) is 0 Å². The Morgan fingerprint density at radius 3 is 2.25 bits per heavy atom. The number of hydrogen-bond donors (Lipinski definition) is 0. The highest BCUT2D eigenvalue weighted by atomic mass is 16.5. The molecule has 0 aliphatic carbocycles. The fraction of sp³-hybridized carbons (Fsp3) is 0.889. The van der Waals surface area contributed by atoms with Gasteiger partial charge in [0.25, 0.3) is 0 Å². The summed E-state index contributed by atoms with van der Waals surface area (Å²) in [5, 5.41) is 10.8. The monoisotopic (exact) mass is 173 g/mol. The minimum atomic E-state index is -1.22. The Kier molecular flexibility index (Phi) is 4.24. The van der Waals surface area contributed by atoms with Crippen molar-refractivity contribution >= 4 is 5.97 Å². The van der Waals surface area contributed by atoms with E-state index in [4.69, 9.17) is 4.74 Å². The Balaban J connectivity index is 3.72. The number of hydrogen-bond acceptors (Lipinski definition) is 2. The quantitative estimate of drug-likeness (QED) is 0.611. The van der Waals surface area contributed by atoms with Gasteiger partial charge in [-0.15, -0.1) is 0 Å². The predicted octanol–water partition coefficient (Wildman–Crippen LogP) is 1.78. The number of ether oxygens (including phenoxy) is 1. The van der Waals surface area contributed by atoms with Crippen LogP contribution in [0.5, 0.6) is 0 Å². The van der Waals surface area contributed by atoms with Gasteiger partial charge in [-0.3, -0.25) is 0 Å². The van der Waals surface area contributed by atoms with Crippen LogP contribution in [0.25, 0.3) is 0 Å². The van der Waals surface area contributed by atoms with Gasteiger partial charge in [0, 0.05) is 0 Å². The van der Waals surface area contributed by atoms with Crippen molar-refractivity contribution in [3.05, 3.63) is 0 Å². The van der Waals surface area contributed by atoms with Crippen molar-refractivity contribution in [2.24, 2.45) is 5.41 Å². The first kappa shape index (κ1) is 11.4. The SMILES string of the molecule is CCC([O])C(=O)OCC(C)(C)C. The van der Waals surface area contributed by atoms with E-state index in [1.165, 1.54) is 0 Å². The van der Waals surface area contributed by atoms with Gasteiger partial charge in [-0.05, 0) is 11.8 Å². The maximum absolute atomic E-state index is 10.9. The van der Waals surface area contributed by atoms with Gasteiger partial charge in [-0.2, -0.15) is 0 Å². The minimum Gasteiger partial charge on any atom is -0.463 e. The molecule has 3 heteroatoms. The average molecular weight is 173 g/mol. The van der Waals surface area contributed by atoms with Crippen LogP contribution in [0, 0.1) is 5.41 Å². The minimum absolute atomic E-state index is 0.0663. The number of rotatable bonds is 3. The zero-order chi connectivity index (χ0) is 9.78. The normalized spacial score (nSPS) is 14.1. The lowest BCUT2D eigenvalue weighted by molar-refractivity contribution is -0.160. The molecule has 0 aromatic heterocycles. The molecule has 0 aromatic rings. The molecule has 1 radical (unpaired) electrons. The van der Waals surface area contributed by atoms with E-state index in [2.05, 4.69) is 0 Å². The molecule has 12 heavy (non-hydrogen) atoms. The molecule has 1 atom stereocenters. The van der Waals surface area contributed by atoms with Crippen LogP contribution in [-0.2, 0) is 14.6 Å². The Morgan fingerprint density at radius 1 is 1.42 bits per heavy atom. The molecule has 0 saturated carbocycles. The molecule has 0 N–H and O–H groups in total. The van der Waals surface area contributed by atoms with Gasteiger partial charge in [-0.25, -0.2) is 9.90 Å². The molecule has 1 unspecified atom stereocenters. The molecule has 0 rings (SSSR count). The summed E-state index contributed by atoms with van der Waals surface area (Å²) in [5.41, 5.74) is -0.0663. The maximum Gasteiger partial charge on any atom is 0.338 e. The van der Waals surface area contributed by atoms with Crippen LogP contribution in [-0.4, -0.2) is 18.7 Å². The smallest absolute Gasteiger partial charge is 0.338 e. The fourth-order valence-corrected chi connectivity index (χ4v) is 0.547. The lowest BCUT2D eigenvalue weighted by Crippen LogP contribution is -2.25. The van der Waals surface area contributed by atoms with Crippen LogP contribution in [0.1, 0.15) is 34.1 Å². The van der Waals surface area contributed by atoms with E-state index in [1.54, 1.807) is 6.92 Å². The van der Waals surface area contributed by atoms with Crippen molar-refractivity contribution in [1.82, 2.24) is 0 Å². The standard InChI is InChI=1S/C9H17O3/c1-5-7(10)8(11)12-6-9(2,3)4/h7H,5-6H2,1-4H3. The predicted molar refractivity (Wildman–Crippen MR) is 45.2 cm³/mol. The highest BCUT2D eigenvalue weighted by molar-refractivity contribution is 5.74. The van der Waals surface area contributed by atoms with E-state index in [-0.39, 0.29) is 5.41 Å². The molecule has 0 spiro atoms. The van der Waals surface area contributed by atoms with E-state index in [0.29, 0.717) is 13.0 Å². The molecule has 71 valence electrons. The first-order valence-electron chi connectivity index (χ1n) is 4.19. The Morgan fingerprint density at radius 2 is 1.92 bits per heavy atom. The highest BCUT2D eigenvalue weighted by Crippen LogP contribution is 2.13. The summed E-state index contributed by atoms with van der Waals surface area (Å²) in [5.74, 6) is -0.632. The van der Waals surface area contributed by atoms with E-state index >= 15 is 0 Å². The third-order valence-corrected chi connectivity index (χ3v) is 1.28. The number of esters is 1. The largest absolute Gasteiger partial charge is 0.463 e. The van der Waals surface area contributed by atoms with Crippen LogP contribution in [0.3, 0.4) is 0 Å². The second-order valence-electron chi connectivity index (χ2n) is 4.07. The first-order valence-corrected chi connectivity index (χ1v) is 4.19. The summed E-state index contributed by atoms with van der Waals surface area (Å²) >= 11 is 0. The van der Waals surface area contributed by atoms with Crippen LogP contribution in [0.2, 0.25) is 0 Å².